The van der Waals surface area contributed by atoms with Gasteiger partial charge in [-0.25, -0.2) is 0 Å². The summed E-state index contributed by atoms with van der Waals surface area (Å²) in [7, 11) is 0. The van der Waals surface area contributed by atoms with Crippen LogP contribution in [0.15, 0.2) is 30.3 Å². The lowest BCUT2D eigenvalue weighted by Gasteiger charge is -2.31. The zero-order chi connectivity index (χ0) is 11.4. The van der Waals surface area contributed by atoms with Crippen molar-refractivity contribution in [2.24, 2.45) is 0 Å². The minimum atomic E-state index is -0.500. The summed E-state index contributed by atoms with van der Waals surface area (Å²) >= 11 is 0. The number of aliphatic hydroxyl groups excluding tert-OH is 1. The molecule has 3 heteroatoms. The van der Waals surface area contributed by atoms with Gasteiger partial charge in [0, 0.05) is 0 Å². The van der Waals surface area contributed by atoms with Crippen molar-refractivity contribution in [1.29, 1.82) is 0 Å². The van der Waals surface area contributed by atoms with Gasteiger partial charge in [-0.2, -0.15) is 0 Å². The highest BCUT2D eigenvalue weighted by molar-refractivity contribution is 5.13. The summed E-state index contributed by atoms with van der Waals surface area (Å²) in [5, 5.41) is 9.71. The minimum Gasteiger partial charge on any atom is -0.388 e. The Morgan fingerprint density at radius 1 is 1.31 bits per heavy atom. The molecule has 1 aromatic carbocycles. The van der Waals surface area contributed by atoms with E-state index in [4.69, 9.17) is 9.47 Å². The SMILES string of the molecule is C[C@H]1CC[C@H](O)[C@H](OCc2ccccc2)O1. The number of ether oxygens (including phenoxy) is 2. The van der Waals surface area contributed by atoms with Crippen LogP contribution in [-0.2, 0) is 16.1 Å². The number of benzene rings is 1. The highest BCUT2D eigenvalue weighted by atomic mass is 16.7. The first-order chi connectivity index (χ1) is 7.75. The predicted octanol–water partition coefficient (Wildman–Crippen LogP) is 2.09. The molecule has 0 saturated carbocycles. The first-order valence-electron chi connectivity index (χ1n) is 5.75. The third kappa shape index (κ3) is 3.04. The van der Waals surface area contributed by atoms with E-state index in [0.29, 0.717) is 6.61 Å². The Bertz CT molecular complexity index is 312. The van der Waals surface area contributed by atoms with Gasteiger partial charge in [0.2, 0.25) is 0 Å². The summed E-state index contributed by atoms with van der Waals surface area (Å²) in [6.45, 7) is 2.49. The van der Waals surface area contributed by atoms with E-state index in [-0.39, 0.29) is 6.10 Å². The van der Waals surface area contributed by atoms with Crippen molar-refractivity contribution >= 4 is 0 Å². The molecule has 1 aliphatic rings. The molecule has 1 heterocycles. The normalized spacial score (nSPS) is 30.2. The fraction of sp³-hybridized carbons (Fsp3) is 0.538. The zero-order valence-electron chi connectivity index (χ0n) is 9.50. The molecule has 0 aliphatic carbocycles. The molecule has 0 unspecified atom stereocenters. The Morgan fingerprint density at radius 2 is 2.06 bits per heavy atom. The van der Waals surface area contributed by atoms with E-state index in [0.717, 1.165) is 18.4 Å². The van der Waals surface area contributed by atoms with Crippen LogP contribution in [0.5, 0.6) is 0 Å². The molecule has 2 rings (SSSR count). The molecule has 0 bridgehead atoms. The number of aliphatic hydroxyl groups is 1. The van der Waals surface area contributed by atoms with Crippen molar-refractivity contribution in [1.82, 2.24) is 0 Å². The summed E-state index contributed by atoms with van der Waals surface area (Å²) in [5.74, 6) is 0. The van der Waals surface area contributed by atoms with Gasteiger partial charge in [0.1, 0.15) is 6.10 Å². The molecule has 16 heavy (non-hydrogen) atoms. The molecule has 1 N–H and O–H groups in total. The highest BCUT2D eigenvalue weighted by Crippen LogP contribution is 2.21. The fourth-order valence-corrected chi connectivity index (χ4v) is 1.83. The maximum Gasteiger partial charge on any atom is 0.184 e. The highest BCUT2D eigenvalue weighted by Gasteiger charge is 2.28. The molecule has 1 saturated heterocycles. The molecule has 1 aromatic rings. The number of hydrogen-bond donors (Lipinski definition) is 1. The molecular formula is C13H18O3. The van der Waals surface area contributed by atoms with E-state index >= 15 is 0 Å². The van der Waals surface area contributed by atoms with Crippen molar-refractivity contribution in [3.63, 3.8) is 0 Å². The second-order valence-corrected chi connectivity index (χ2v) is 4.26. The zero-order valence-corrected chi connectivity index (χ0v) is 9.50. The summed E-state index contributed by atoms with van der Waals surface area (Å²) in [6, 6.07) is 9.91. The maximum atomic E-state index is 9.71. The summed E-state index contributed by atoms with van der Waals surface area (Å²) in [4.78, 5) is 0. The Morgan fingerprint density at radius 3 is 2.81 bits per heavy atom. The summed E-state index contributed by atoms with van der Waals surface area (Å²) < 4.78 is 11.1. The van der Waals surface area contributed by atoms with E-state index < -0.39 is 12.4 Å². The van der Waals surface area contributed by atoms with E-state index in [1.807, 2.05) is 37.3 Å². The van der Waals surface area contributed by atoms with Gasteiger partial charge in [-0.15, -0.1) is 0 Å². The van der Waals surface area contributed by atoms with E-state index in [2.05, 4.69) is 0 Å². The number of hydrogen-bond acceptors (Lipinski definition) is 3. The van der Waals surface area contributed by atoms with Crippen LogP contribution in [0.4, 0.5) is 0 Å². The smallest absolute Gasteiger partial charge is 0.184 e. The Kier molecular flexibility index (Phi) is 3.93. The quantitative estimate of drug-likeness (QED) is 0.851. The molecule has 0 radical (unpaired) electrons. The van der Waals surface area contributed by atoms with E-state index in [9.17, 15) is 5.11 Å². The molecule has 3 nitrogen and oxygen atoms in total. The first kappa shape index (κ1) is 11.6. The van der Waals surface area contributed by atoms with Gasteiger partial charge in [0.05, 0.1) is 12.7 Å². The molecule has 0 amide bonds. The van der Waals surface area contributed by atoms with Gasteiger partial charge in [0.25, 0.3) is 0 Å². The second-order valence-electron chi connectivity index (χ2n) is 4.26. The van der Waals surface area contributed by atoms with Crippen LogP contribution < -0.4 is 0 Å². The van der Waals surface area contributed by atoms with Gasteiger partial charge < -0.3 is 14.6 Å². The van der Waals surface area contributed by atoms with Gasteiger partial charge in [0.15, 0.2) is 6.29 Å². The van der Waals surface area contributed by atoms with Crippen LogP contribution in [0.25, 0.3) is 0 Å². The molecular weight excluding hydrogens is 204 g/mol. The van der Waals surface area contributed by atoms with Crippen LogP contribution in [0.1, 0.15) is 25.3 Å². The molecule has 88 valence electrons. The first-order valence-corrected chi connectivity index (χ1v) is 5.75. The second kappa shape index (κ2) is 5.43. The topological polar surface area (TPSA) is 38.7 Å². The van der Waals surface area contributed by atoms with Crippen LogP contribution in [0.3, 0.4) is 0 Å². The Balaban J connectivity index is 1.85. The molecule has 1 aliphatic heterocycles. The minimum absolute atomic E-state index is 0.171. The predicted molar refractivity (Wildman–Crippen MR) is 60.8 cm³/mol. The Hall–Kier alpha value is -0.900. The van der Waals surface area contributed by atoms with Gasteiger partial charge in [-0.3, -0.25) is 0 Å². The third-order valence-electron chi connectivity index (χ3n) is 2.81. The van der Waals surface area contributed by atoms with Crippen molar-refractivity contribution in [2.45, 2.75) is 44.9 Å². The van der Waals surface area contributed by atoms with Crippen molar-refractivity contribution in [3.05, 3.63) is 35.9 Å². The van der Waals surface area contributed by atoms with E-state index in [1.165, 1.54) is 0 Å². The number of rotatable bonds is 3. The average Bonchev–Trinajstić information content (AvgIpc) is 2.32. The largest absolute Gasteiger partial charge is 0.388 e. The van der Waals surface area contributed by atoms with Crippen molar-refractivity contribution in [2.75, 3.05) is 0 Å². The molecule has 0 spiro atoms. The fourth-order valence-electron chi connectivity index (χ4n) is 1.83. The van der Waals surface area contributed by atoms with E-state index in [1.54, 1.807) is 0 Å². The lowest BCUT2D eigenvalue weighted by atomic mass is 10.1. The van der Waals surface area contributed by atoms with Gasteiger partial charge in [-0.05, 0) is 25.3 Å². The van der Waals surface area contributed by atoms with Crippen molar-refractivity contribution < 1.29 is 14.6 Å². The van der Waals surface area contributed by atoms with Crippen LogP contribution in [-0.4, -0.2) is 23.6 Å². The lowest BCUT2D eigenvalue weighted by molar-refractivity contribution is -0.241. The van der Waals surface area contributed by atoms with Gasteiger partial charge >= 0.3 is 0 Å². The van der Waals surface area contributed by atoms with Crippen molar-refractivity contribution in [3.8, 4) is 0 Å². The van der Waals surface area contributed by atoms with Gasteiger partial charge in [-0.1, -0.05) is 30.3 Å². The van der Waals surface area contributed by atoms with Crippen LogP contribution >= 0.6 is 0 Å². The Labute approximate surface area is 96.0 Å². The molecule has 1 fully saturated rings. The summed E-state index contributed by atoms with van der Waals surface area (Å²) in [6.07, 6.45) is 0.834. The van der Waals surface area contributed by atoms with Crippen LogP contribution in [0, 0.1) is 0 Å². The third-order valence-corrected chi connectivity index (χ3v) is 2.81. The molecule has 0 aromatic heterocycles. The lowest BCUT2D eigenvalue weighted by Crippen LogP contribution is -2.39. The standard InChI is InChI=1S/C13H18O3/c1-10-7-8-12(14)13(16-10)15-9-11-5-3-2-4-6-11/h2-6,10,12-14H,7-9H2,1H3/t10-,12-,13+/m0/s1. The monoisotopic (exact) mass is 222 g/mol. The molecule has 3 atom stereocenters. The maximum absolute atomic E-state index is 9.71. The summed E-state index contributed by atoms with van der Waals surface area (Å²) in [5.41, 5.74) is 1.09. The van der Waals surface area contributed by atoms with Crippen LogP contribution in [0.2, 0.25) is 0 Å². The average molecular weight is 222 g/mol.